The Hall–Kier alpha value is -2.14. The van der Waals surface area contributed by atoms with Crippen molar-refractivity contribution < 1.29 is 9.59 Å². The Balaban J connectivity index is 2.09. The van der Waals surface area contributed by atoms with Crippen molar-refractivity contribution in [2.45, 2.75) is 45.7 Å². The van der Waals surface area contributed by atoms with E-state index in [1.54, 1.807) is 18.9 Å². The molecule has 4 nitrogen and oxygen atoms in total. The zero-order chi connectivity index (χ0) is 19.8. The maximum absolute atomic E-state index is 12.9. The Morgan fingerprint density at radius 1 is 1.00 bits per heavy atom. The zero-order valence-corrected chi connectivity index (χ0v) is 17.8. The number of hydrogen-bond acceptors (Lipinski definition) is 2. The average Bonchev–Trinajstić information content (AvgIpc) is 2.70. The molecule has 0 fully saturated rings. The van der Waals surface area contributed by atoms with Crippen molar-refractivity contribution in [3.05, 3.63) is 69.7 Å². The molecule has 1 unspecified atom stereocenters. The van der Waals surface area contributed by atoms with Gasteiger partial charge in [0.15, 0.2) is 0 Å². The van der Waals surface area contributed by atoms with E-state index in [1.807, 2.05) is 24.3 Å². The van der Waals surface area contributed by atoms with Gasteiger partial charge in [0, 0.05) is 24.5 Å². The average molecular weight is 431 g/mol. The van der Waals surface area contributed by atoms with Gasteiger partial charge in [0.1, 0.15) is 6.04 Å². The summed E-state index contributed by atoms with van der Waals surface area (Å²) < 4.78 is 0.985. The molecule has 0 aliphatic rings. The van der Waals surface area contributed by atoms with Crippen LogP contribution in [0.3, 0.4) is 0 Å². The second-order valence-corrected chi connectivity index (χ2v) is 7.52. The van der Waals surface area contributed by atoms with Crippen LogP contribution in [0.15, 0.2) is 53.0 Å². The SMILES string of the molecule is CCc1ccc(CCC(=O)N(Cc2ccc(Br)cc2)C(C)C(=O)NC)cc1. The van der Waals surface area contributed by atoms with Crippen LogP contribution in [-0.4, -0.2) is 29.8 Å². The predicted octanol–water partition coefficient (Wildman–Crippen LogP) is 4.11. The summed E-state index contributed by atoms with van der Waals surface area (Å²) in [6.45, 7) is 4.31. The molecular formula is C22H27BrN2O2. The van der Waals surface area contributed by atoms with Gasteiger partial charge in [-0.25, -0.2) is 0 Å². The highest BCUT2D eigenvalue weighted by molar-refractivity contribution is 9.10. The van der Waals surface area contributed by atoms with Gasteiger partial charge < -0.3 is 10.2 Å². The van der Waals surface area contributed by atoms with Crippen molar-refractivity contribution in [3.63, 3.8) is 0 Å². The van der Waals surface area contributed by atoms with E-state index in [9.17, 15) is 9.59 Å². The van der Waals surface area contributed by atoms with Crippen LogP contribution in [0, 0.1) is 0 Å². The number of carbonyl (C=O) groups is 2. The second kappa shape index (κ2) is 10.3. The van der Waals surface area contributed by atoms with Gasteiger partial charge in [-0.05, 0) is 48.6 Å². The van der Waals surface area contributed by atoms with E-state index in [0.717, 1.165) is 22.0 Å². The first-order valence-corrected chi connectivity index (χ1v) is 10.1. The Kier molecular flexibility index (Phi) is 8.04. The summed E-state index contributed by atoms with van der Waals surface area (Å²) in [5, 5.41) is 2.64. The van der Waals surface area contributed by atoms with Crippen LogP contribution < -0.4 is 5.32 Å². The molecule has 0 radical (unpaired) electrons. The van der Waals surface area contributed by atoms with Gasteiger partial charge in [-0.1, -0.05) is 59.3 Å². The van der Waals surface area contributed by atoms with E-state index in [0.29, 0.717) is 19.4 Å². The molecule has 2 amide bonds. The third-order valence-corrected chi connectivity index (χ3v) is 5.27. The van der Waals surface area contributed by atoms with Gasteiger partial charge >= 0.3 is 0 Å². The molecule has 2 aromatic carbocycles. The molecule has 0 saturated heterocycles. The maximum atomic E-state index is 12.9. The van der Waals surface area contributed by atoms with Crippen LogP contribution in [0.5, 0.6) is 0 Å². The molecular weight excluding hydrogens is 404 g/mol. The summed E-state index contributed by atoms with van der Waals surface area (Å²) in [5.41, 5.74) is 3.42. The largest absolute Gasteiger partial charge is 0.357 e. The highest BCUT2D eigenvalue weighted by Gasteiger charge is 2.25. The van der Waals surface area contributed by atoms with E-state index in [1.165, 1.54) is 5.56 Å². The Morgan fingerprint density at radius 2 is 1.56 bits per heavy atom. The number of carbonyl (C=O) groups excluding carboxylic acids is 2. The first-order chi connectivity index (χ1) is 12.9. The lowest BCUT2D eigenvalue weighted by atomic mass is 10.0. The fourth-order valence-electron chi connectivity index (χ4n) is 2.91. The lowest BCUT2D eigenvalue weighted by Crippen LogP contribution is -2.46. The third kappa shape index (κ3) is 6.21. The highest BCUT2D eigenvalue weighted by Crippen LogP contribution is 2.16. The molecule has 0 aliphatic heterocycles. The summed E-state index contributed by atoms with van der Waals surface area (Å²) in [5.74, 6) is -0.179. The van der Waals surface area contributed by atoms with Gasteiger partial charge in [-0.2, -0.15) is 0 Å². The summed E-state index contributed by atoms with van der Waals surface area (Å²) >= 11 is 3.42. The Morgan fingerprint density at radius 3 is 2.11 bits per heavy atom. The minimum Gasteiger partial charge on any atom is -0.357 e. The maximum Gasteiger partial charge on any atom is 0.242 e. The molecule has 0 saturated carbocycles. The molecule has 27 heavy (non-hydrogen) atoms. The first-order valence-electron chi connectivity index (χ1n) is 9.28. The van der Waals surface area contributed by atoms with Crippen LogP contribution in [-0.2, 0) is 29.0 Å². The van der Waals surface area contributed by atoms with Crippen molar-refractivity contribution in [1.82, 2.24) is 10.2 Å². The minimum atomic E-state index is -0.520. The van der Waals surface area contributed by atoms with Crippen LogP contribution in [0.2, 0.25) is 0 Å². The molecule has 1 N–H and O–H groups in total. The van der Waals surface area contributed by atoms with Gasteiger partial charge in [-0.3, -0.25) is 9.59 Å². The van der Waals surface area contributed by atoms with E-state index in [4.69, 9.17) is 0 Å². The van der Waals surface area contributed by atoms with E-state index in [-0.39, 0.29) is 11.8 Å². The molecule has 0 spiro atoms. The lowest BCUT2D eigenvalue weighted by Gasteiger charge is -2.28. The molecule has 1 atom stereocenters. The second-order valence-electron chi connectivity index (χ2n) is 6.61. The quantitative estimate of drug-likeness (QED) is 0.684. The fourth-order valence-corrected chi connectivity index (χ4v) is 3.18. The van der Waals surface area contributed by atoms with Crippen molar-refractivity contribution in [1.29, 1.82) is 0 Å². The van der Waals surface area contributed by atoms with Crippen LogP contribution in [0.4, 0.5) is 0 Å². The summed E-state index contributed by atoms with van der Waals surface area (Å²) in [4.78, 5) is 26.7. The molecule has 0 bridgehead atoms. The Bertz CT molecular complexity index is 757. The number of rotatable bonds is 8. The van der Waals surface area contributed by atoms with Gasteiger partial charge in [0.05, 0.1) is 0 Å². The fraction of sp³-hybridized carbons (Fsp3) is 0.364. The zero-order valence-electron chi connectivity index (χ0n) is 16.2. The van der Waals surface area contributed by atoms with E-state index >= 15 is 0 Å². The van der Waals surface area contributed by atoms with Gasteiger partial charge in [0.2, 0.25) is 11.8 Å². The van der Waals surface area contributed by atoms with Crippen LogP contribution in [0.25, 0.3) is 0 Å². The predicted molar refractivity (Wildman–Crippen MR) is 112 cm³/mol. The molecule has 0 aliphatic carbocycles. The van der Waals surface area contributed by atoms with Crippen LogP contribution >= 0.6 is 15.9 Å². The Labute approximate surface area is 170 Å². The molecule has 144 valence electrons. The van der Waals surface area contributed by atoms with E-state index < -0.39 is 6.04 Å². The van der Waals surface area contributed by atoms with Gasteiger partial charge in [0.25, 0.3) is 0 Å². The van der Waals surface area contributed by atoms with Crippen molar-refractivity contribution in [2.24, 2.45) is 0 Å². The van der Waals surface area contributed by atoms with Crippen molar-refractivity contribution in [3.8, 4) is 0 Å². The summed E-state index contributed by atoms with van der Waals surface area (Å²) in [6.07, 6.45) is 2.05. The number of halogens is 1. The number of nitrogens with zero attached hydrogens (tertiary/aromatic N) is 1. The number of benzene rings is 2. The number of aryl methyl sites for hydroxylation is 2. The molecule has 5 heteroatoms. The smallest absolute Gasteiger partial charge is 0.242 e. The molecule has 0 aromatic heterocycles. The number of likely N-dealkylation sites (N-methyl/N-ethyl adjacent to an activating group) is 1. The third-order valence-electron chi connectivity index (χ3n) is 4.74. The molecule has 0 heterocycles. The number of nitrogens with one attached hydrogen (secondary N) is 1. The number of hydrogen-bond donors (Lipinski definition) is 1. The molecule has 2 rings (SSSR count). The summed E-state index contributed by atoms with van der Waals surface area (Å²) in [6, 6.07) is 15.7. The summed E-state index contributed by atoms with van der Waals surface area (Å²) in [7, 11) is 1.59. The topological polar surface area (TPSA) is 49.4 Å². The van der Waals surface area contributed by atoms with Crippen molar-refractivity contribution >= 4 is 27.7 Å². The molecule has 2 aromatic rings. The van der Waals surface area contributed by atoms with Crippen molar-refractivity contribution in [2.75, 3.05) is 7.05 Å². The lowest BCUT2D eigenvalue weighted by molar-refractivity contribution is -0.140. The van der Waals surface area contributed by atoms with E-state index in [2.05, 4.69) is 52.4 Å². The monoisotopic (exact) mass is 430 g/mol. The van der Waals surface area contributed by atoms with Crippen LogP contribution in [0.1, 0.15) is 37.0 Å². The normalized spacial score (nSPS) is 11.7. The number of amides is 2. The first kappa shape index (κ1) is 21.2. The highest BCUT2D eigenvalue weighted by atomic mass is 79.9. The minimum absolute atomic E-state index is 0.0198. The van der Waals surface area contributed by atoms with Gasteiger partial charge in [-0.15, -0.1) is 0 Å². The standard InChI is InChI=1S/C22H27BrN2O2/c1-4-17-5-7-18(8-6-17)11-14-21(26)25(16(2)22(27)24-3)15-19-9-12-20(23)13-10-19/h5-10,12-13,16H,4,11,14-15H2,1-3H3,(H,24,27).